The van der Waals surface area contributed by atoms with Crippen molar-refractivity contribution in [2.75, 3.05) is 5.32 Å². The van der Waals surface area contributed by atoms with Crippen LogP contribution in [0.4, 0.5) is 14.9 Å². The van der Waals surface area contributed by atoms with E-state index in [-0.39, 0.29) is 11.7 Å². The van der Waals surface area contributed by atoms with Gasteiger partial charge in [-0.25, -0.2) is 9.18 Å². The molecule has 100 valence electrons. The molecule has 2 aromatic rings. The van der Waals surface area contributed by atoms with E-state index < -0.39 is 11.8 Å². The number of rotatable bonds is 3. The summed E-state index contributed by atoms with van der Waals surface area (Å²) in [5.74, 6) is -0.440. The number of aryl methyl sites for hydroxylation is 1. The molecule has 0 spiro atoms. The van der Waals surface area contributed by atoms with E-state index in [1.165, 1.54) is 6.07 Å². The Labute approximate surface area is 115 Å². The average molecular weight is 278 g/mol. The Balaban J connectivity index is 1.99. The molecule has 19 heavy (non-hydrogen) atoms. The van der Waals surface area contributed by atoms with Crippen molar-refractivity contribution in [1.29, 1.82) is 0 Å². The van der Waals surface area contributed by atoms with Crippen LogP contribution in [0.2, 0.25) is 0 Å². The fraction of sp³-hybridized carbons (Fsp3) is 0.214. The Morgan fingerprint density at radius 3 is 2.84 bits per heavy atom. The van der Waals surface area contributed by atoms with Gasteiger partial charge in [-0.15, -0.1) is 11.3 Å². The number of carbonyl (C=O) groups excluding carboxylic acids is 1. The molecule has 0 saturated carbocycles. The molecule has 1 aromatic heterocycles. The summed E-state index contributed by atoms with van der Waals surface area (Å²) in [4.78, 5) is 12.9. The highest BCUT2D eigenvalue weighted by Crippen LogP contribution is 2.19. The molecular formula is C14H15FN2OS. The van der Waals surface area contributed by atoms with Crippen LogP contribution in [0.15, 0.2) is 35.7 Å². The third-order valence-electron chi connectivity index (χ3n) is 2.69. The van der Waals surface area contributed by atoms with E-state index in [0.29, 0.717) is 0 Å². The van der Waals surface area contributed by atoms with Gasteiger partial charge in [0.2, 0.25) is 0 Å². The third-order valence-corrected chi connectivity index (χ3v) is 3.74. The lowest BCUT2D eigenvalue weighted by molar-refractivity contribution is 0.249. The number of benzene rings is 1. The Kier molecular flexibility index (Phi) is 4.16. The minimum atomic E-state index is -0.440. The van der Waals surface area contributed by atoms with Crippen molar-refractivity contribution in [1.82, 2.24) is 5.32 Å². The van der Waals surface area contributed by atoms with Crippen molar-refractivity contribution in [3.05, 3.63) is 52.0 Å². The van der Waals surface area contributed by atoms with Crippen molar-refractivity contribution in [3.8, 4) is 0 Å². The smallest absolute Gasteiger partial charge is 0.319 e. The molecule has 3 nitrogen and oxygen atoms in total. The second kappa shape index (κ2) is 5.84. The molecule has 1 unspecified atom stereocenters. The summed E-state index contributed by atoms with van der Waals surface area (Å²) in [5, 5.41) is 7.24. The molecular weight excluding hydrogens is 263 g/mol. The van der Waals surface area contributed by atoms with Gasteiger partial charge in [0.25, 0.3) is 0 Å². The minimum absolute atomic E-state index is 0.104. The first-order chi connectivity index (χ1) is 9.06. The quantitative estimate of drug-likeness (QED) is 0.872. The molecule has 0 radical (unpaired) electrons. The van der Waals surface area contributed by atoms with E-state index in [2.05, 4.69) is 10.6 Å². The Hall–Kier alpha value is -1.88. The lowest BCUT2D eigenvalue weighted by Crippen LogP contribution is -2.31. The van der Waals surface area contributed by atoms with Crippen LogP contribution in [0, 0.1) is 12.7 Å². The van der Waals surface area contributed by atoms with Crippen LogP contribution in [0.1, 0.15) is 23.4 Å². The van der Waals surface area contributed by atoms with Gasteiger partial charge in [-0.3, -0.25) is 0 Å². The molecule has 0 aliphatic heterocycles. The largest absolute Gasteiger partial charge is 0.331 e. The molecule has 2 amide bonds. The summed E-state index contributed by atoms with van der Waals surface area (Å²) in [6.07, 6.45) is 0. The summed E-state index contributed by atoms with van der Waals surface area (Å²) in [5.41, 5.74) is 1.08. The van der Waals surface area contributed by atoms with Crippen LogP contribution < -0.4 is 10.6 Å². The SMILES string of the molecule is Cc1ccc(F)c(NC(=O)NC(C)c2cccs2)c1. The lowest BCUT2D eigenvalue weighted by Gasteiger charge is -2.13. The summed E-state index contributed by atoms with van der Waals surface area (Å²) in [6.45, 7) is 3.73. The van der Waals surface area contributed by atoms with Gasteiger partial charge in [-0.2, -0.15) is 0 Å². The molecule has 5 heteroatoms. The number of carbonyl (C=O) groups is 1. The molecule has 1 heterocycles. The van der Waals surface area contributed by atoms with Gasteiger partial charge in [-0.1, -0.05) is 12.1 Å². The van der Waals surface area contributed by atoms with Gasteiger partial charge in [-0.05, 0) is 43.0 Å². The molecule has 2 N–H and O–H groups in total. The fourth-order valence-electron chi connectivity index (χ4n) is 1.70. The zero-order valence-corrected chi connectivity index (χ0v) is 11.6. The minimum Gasteiger partial charge on any atom is -0.331 e. The zero-order valence-electron chi connectivity index (χ0n) is 10.7. The summed E-state index contributed by atoms with van der Waals surface area (Å²) in [6, 6.07) is 7.96. The lowest BCUT2D eigenvalue weighted by atomic mass is 10.2. The maximum Gasteiger partial charge on any atom is 0.319 e. The monoisotopic (exact) mass is 278 g/mol. The van der Waals surface area contributed by atoms with Crippen molar-refractivity contribution < 1.29 is 9.18 Å². The van der Waals surface area contributed by atoms with Gasteiger partial charge < -0.3 is 10.6 Å². The van der Waals surface area contributed by atoms with Gasteiger partial charge in [0.1, 0.15) is 5.82 Å². The number of urea groups is 1. The highest BCUT2D eigenvalue weighted by Gasteiger charge is 2.12. The van der Waals surface area contributed by atoms with Crippen LogP contribution in [0.3, 0.4) is 0 Å². The first-order valence-corrected chi connectivity index (χ1v) is 6.81. The van der Waals surface area contributed by atoms with Crippen molar-refractivity contribution in [2.45, 2.75) is 19.9 Å². The average Bonchev–Trinajstić information content (AvgIpc) is 2.87. The van der Waals surface area contributed by atoms with Gasteiger partial charge in [0, 0.05) is 4.88 Å². The number of nitrogens with one attached hydrogen (secondary N) is 2. The number of hydrogen-bond donors (Lipinski definition) is 2. The maximum atomic E-state index is 13.5. The normalized spacial score (nSPS) is 11.9. The molecule has 0 fully saturated rings. The molecule has 0 aliphatic carbocycles. The zero-order chi connectivity index (χ0) is 13.8. The number of hydrogen-bond acceptors (Lipinski definition) is 2. The fourth-order valence-corrected chi connectivity index (χ4v) is 2.43. The van der Waals surface area contributed by atoms with Gasteiger partial charge >= 0.3 is 6.03 Å². The second-order valence-corrected chi connectivity index (χ2v) is 5.30. The van der Waals surface area contributed by atoms with E-state index in [0.717, 1.165) is 10.4 Å². The Morgan fingerprint density at radius 1 is 1.37 bits per heavy atom. The van der Waals surface area contributed by atoms with Crippen LogP contribution in [-0.2, 0) is 0 Å². The highest BCUT2D eigenvalue weighted by atomic mass is 32.1. The Morgan fingerprint density at radius 2 is 2.16 bits per heavy atom. The third kappa shape index (κ3) is 3.54. The number of anilines is 1. The topological polar surface area (TPSA) is 41.1 Å². The molecule has 1 atom stereocenters. The Bertz CT molecular complexity index is 569. The number of thiophene rings is 1. The van der Waals surface area contributed by atoms with E-state index >= 15 is 0 Å². The van der Waals surface area contributed by atoms with Crippen molar-refractivity contribution >= 4 is 23.1 Å². The first kappa shape index (κ1) is 13.5. The van der Waals surface area contributed by atoms with Crippen LogP contribution in [0.25, 0.3) is 0 Å². The molecule has 0 aliphatic rings. The summed E-state index contributed by atoms with van der Waals surface area (Å²) in [7, 11) is 0. The summed E-state index contributed by atoms with van der Waals surface area (Å²) >= 11 is 1.57. The van der Waals surface area contributed by atoms with E-state index in [1.807, 2.05) is 31.4 Å². The van der Waals surface area contributed by atoms with E-state index in [1.54, 1.807) is 23.5 Å². The van der Waals surface area contributed by atoms with Crippen molar-refractivity contribution in [3.63, 3.8) is 0 Å². The van der Waals surface area contributed by atoms with Crippen LogP contribution in [0.5, 0.6) is 0 Å². The predicted octanol–water partition coefficient (Wildman–Crippen LogP) is 4.08. The summed E-state index contributed by atoms with van der Waals surface area (Å²) < 4.78 is 13.5. The maximum absolute atomic E-state index is 13.5. The van der Waals surface area contributed by atoms with Crippen molar-refractivity contribution in [2.24, 2.45) is 0 Å². The first-order valence-electron chi connectivity index (χ1n) is 5.93. The molecule has 0 bridgehead atoms. The molecule has 0 saturated heterocycles. The van der Waals surface area contributed by atoms with Gasteiger partial charge in [0.15, 0.2) is 0 Å². The van der Waals surface area contributed by atoms with Crippen LogP contribution >= 0.6 is 11.3 Å². The standard InChI is InChI=1S/C14H15FN2OS/c1-9-5-6-11(15)12(8-9)17-14(18)16-10(2)13-4-3-7-19-13/h3-8,10H,1-2H3,(H2,16,17,18). The number of halogens is 1. The number of amides is 2. The van der Waals surface area contributed by atoms with E-state index in [9.17, 15) is 9.18 Å². The molecule has 2 rings (SSSR count). The highest BCUT2D eigenvalue weighted by molar-refractivity contribution is 7.10. The van der Waals surface area contributed by atoms with Gasteiger partial charge in [0.05, 0.1) is 11.7 Å². The second-order valence-electron chi connectivity index (χ2n) is 4.32. The van der Waals surface area contributed by atoms with Crippen LogP contribution in [-0.4, -0.2) is 6.03 Å². The predicted molar refractivity (Wildman–Crippen MR) is 76.0 cm³/mol. The molecule has 1 aromatic carbocycles. The van der Waals surface area contributed by atoms with E-state index in [4.69, 9.17) is 0 Å².